The number of hydrogen-bond acceptors (Lipinski definition) is 4. The molecule has 1 rings (SSSR count). The molecular formula is C12H19N3O3. The maximum absolute atomic E-state index is 11.9. The zero-order valence-electron chi connectivity index (χ0n) is 11.0. The first-order valence-electron chi connectivity index (χ1n) is 6.05. The lowest BCUT2D eigenvalue weighted by Crippen LogP contribution is -2.35. The van der Waals surface area contributed by atoms with Crippen molar-refractivity contribution in [2.24, 2.45) is 0 Å². The molecule has 0 fully saturated rings. The minimum Gasteiger partial charge on any atom is -0.353 e. The number of nitrogens with zero attached hydrogens (tertiary/aromatic N) is 2. The van der Waals surface area contributed by atoms with E-state index in [1.807, 2.05) is 11.9 Å². The third-order valence-corrected chi connectivity index (χ3v) is 3.14. The van der Waals surface area contributed by atoms with Crippen molar-refractivity contribution in [1.29, 1.82) is 0 Å². The molecule has 1 heterocycles. The second-order valence-corrected chi connectivity index (χ2v) is 4.34. The molecule has 1 aromatic heterocycles. The van der Waals surface area contributed by atoms with Gasteiger partial charge in [-0.15, -0.1) is 0 Å². The molecule has 0 saturated carbocycles. The highest BCUT2D eigenvalue weighted by Gasteiger charge is 2.18. The van der Waals surface area contributed by atoms with Crippen molar-refractivity contribution in [3.05, 3.63) is 28.1 Å². The van der Waals surface area contributed by atoms with Crippen LogP contribution in [0.15, 0.2) is 12.3 Å². The summed E-state index contributed by atoms with van der Waals surface area (Å²) in [5, 5.41) is 10.5. The van der Waals surface area contributed by atoms with Gasteiger partial charge in [0, 0.05) is 12.1 Å². The van der Waals surface area contributed by atoms with Crippen LogP contribution in [0.2, 0.25) is 0 Å². The molecule has 0 bridgehead atoms. The average molecular weight is 253 g/mol. The summed E-state index contributed by atoms with van der Waals surface area (Å²) < 4.78 is 0. The third kappa shape index (κ3) is 3.40. The van der Waals surface area contributed by atoms with Crippen molar-refractivity contribution in [2.45, 2.75) is 32.7 Å². The maximum Gasteiger partial charge on any atom is 0.287 e. The minimum absolute atomic E-state index is 0.0801. The Labute approximate surface area is 106 Å². The van der Waals surface area contributed by atoms with Crippen molar-refractivity contribution in [2.75, 3.05) is 13.6 Å². The number of carbonyl (C=O) groups is 1. The Balaban J connectivity index is 2.67. The molecule has 0 unspecified atom stereocenters. The highest BCUT2D eigenvalue weighted by atomic mass is 16.6. The van der Waals surface area contributed by atoms with Gasteiger partial charge in [0.15, 0.2) is 5.78 Å². The number of rotatable bonds is 7. The van der Waals surface area contributed by atoms with Crippen LogP contribution >= 0.6 is 0 Å². The molecule has 0 radical (unpaired) electrons. The van der Waals surface area contributed by atoms with Crippen molar-refractivity contribution in [1.82, 2.24) is 9.88 Å². The summed E-state index contributed by atoms with van der Waals surface area (Å²) in [6, 6.07) is 1.64. The fourth-order valence-electron chi connectivity index (χ4n) is 2.00. The summed E-state index contributed by atoms with van der Waals surface area (Å²) in [7, 11) is 1.90. The molecule has 0 aliphatic heterocycles. The van der Waals surface area contributed by atoms with Crippen molar-refractivity contribution in [3.8, 4) is 0 Å². The number of nitrogens with one attached hydrogen (secondary N) is 1. The number of likely N-dealkylation sites (N-methyl/N-ethyl adjacent to an activating group) is 1. The zero-order valence-corrected chi connectivity index (χ0v) is 11.0. The first kappa shape index (κ1) is 14.4. The summed E-state index contributed by atoms with van der Waals surface area (Å²) in [4.78, 5) is 26.6. The largest absolute Gasteiger partial charge is 0.353 e. The van der Waals surface area contributed by atoms with Gasteiger partial charge in [0.2, 0.25) is 0 Å². The predicted octanol–water partition coefficient (Wildman–Crippen LogP) is 2.23. The van der Waals surface area contributed by atoms with Crippen molar-refractivity contribution >= 4 is 11.5 Å². The van der Waals surface area contributed by atoms with Gasteiger partial charge in [0.05, 0.1) is 23.4 Å². The van der Waals surface area contributed by atoms with Crippen LogP contribution in [0.25, 0.3) is 0 Å². The number of aromatic nitrogens is 1. The van der Waals surface area contributed by atoms with Crippen molar-refractivity contribution < 1.29 is 9.72 Å². The van der Waals surface area contributed by atoms with Gasteiger partial charge in [0.1, 0.15) is 0 Å². The van der Waals surface area contributed by atoms with Gasteiger partial charge >= 0.3 is 0 Å². The van der Waals surface area contributed by atoms with Gasteiger partial charge in [-0.3, -0.25) is 19.8 Å². The molecule has 0 aliphatic rings. The molecule has 6 nitrogen and oxygen atoms in total. The van der Waals surface area contributed by atoms with Crippen LogP contribution in [-0.2, 0) is 0 Å². The van der Waals surface area contributed by atoms with Gasteiger partial charge in [-0.1, -0.05) is 13.8 Å². The lowest BCUT2D eigenvalue weighted by Gasteiger charge is -2.24. The topological polar surface area (TPSA) is 79.2 Å². The lowest BCUT2D eigenvalue weighted by atomic mass is 10.1. The number of H-pyrrole nitrogens is 1. The third-order valence-electron chi connectivity index (χ3n) is 3.14. The Hall–Kier alpha value is -1.69. The number of hydrogen-bond donors (Lipinski definition) is 1. The molecule has 1 aromatic rings. The van der Waals surface area contributed by atoms with Gasteiger partial charge in [-0.05, 0) is 19.9 Å². The number of nitro groups is 1. The van der Waals surface area contributed by atoms with Crippen LogP contribution in [-0.4, -0.2) is 40.2 Å². The Bertz CT molecular complexity index is 424. The fraction of sp³-hybridized carbons (Fsp3) is 0.583. The van der Waals surface area contributed by atoms with Crippen molar-refractivity contribution in [3.63, 3.8) is 0 Å². The summed E-state index contributed by atoms with van der Waals surface area (Å²) in [6.07, 6.45) is 3.20. The Morgan fingerprint density at radius 3 is 2.56 bits per heavy atom. The van der Waals surface area contributed by atoms with E-state index in [1.54, 1.807) is 0 Å². The van der Waals surface area contributed by atoms with Gasteiger partial charge in [-0.2, -0.15) is 0 Å². The average Bonchev–Trinajstić information content (AvgIpc) is 2.79. The van der Waals surface area contributed by atoms with Crippen LogP contribution in [0, 0.1) is 10.1 Å². The second kappa shape index (κ2) is 6.30. The number of Topliss-reactive ketones (excluding diaryl/α,β-unsaturated/α-hetero) is 1. The first-order chi connectivity index (χ1) is 8.49. The predicted molar refractivity (Wildman–Crippen MR) is 68.8 cm³/mol. The van der Waals surface area contributed by atoms with Crippen LogP contribution in [0.4, 0.5) is 5.69 Å². The van der Waals surface area contributed by atoms with E-state index in [1.165, 1.54) is 12.3 Å². The number of ketones is 1. The summed E-state index contributed by atoms with van der Waals surface area (Å²) in [5.41, 5.74) is 0.211. The molecule has 0 aromatic carbocycles. The quantitative estimate of drug-likeness (QED) is 0.459. The van der Waals surface area contributed by atoms with Crippen LogP contribution in [0.1, 0.15) is 37.2 Å². The molecule has 0 spiro atoms. The van der Waals surface area contributed by atoms with Crippen LogP contribution in [0.5, 0.6) is 0 Å². The van der Waals surface area contributed by atoms with Crippen LogP contribution < -0.4 is 0 Å². The van der Waals surface area contributed by atoms with Gasteiger partial charge < -0.3 is 4.98 Å². The van der Waals surface area contributed by atoms with Crippen LogP contribution in [0.3, 0.4) is 0 Å². The van der Waals surface area contributed by atoms with E-state index < -0.39 is 4.92 Å². The van der Waals surface area contributed by atoms with E-state index in [4.69, 9.17) is 0 Å². The van der Waals surface area contributed by atoms with Gasteiger partial charge in [0.25, 0.3) is 5.69 Å². The Morgan fingerprint density at radius 2 is 2.11 bits per heavy atom. The van der Waals surface area contributed by atoms with Gasteiger partial charge in [-0.25, -0.2) is 0 Å². The molecule has 1 N–H and O–H groups in total. The van der Waals surface area contributed by atoms with E-state index in [2.05, 4.69) is 18.8 Å². The Kier molecular flexibility index (Phi) is 5.03. The molecule has 0 atom stereocenters. The lowest BCUT2D eigenvalue weighted by molar-refractivity contribution is -0.384. The summed E-state index contributed by atoms with van der Waals surface area (Å²) >= 11 is 0. The molecular weight excluding hydrogens is 234 g/mol. The maximum atomic E-state index is 11.9. The van der Waals surface area contributed by atoms with E-state index in [9.17, 15) is 14.9 Å². The monoisotopic (exact) mass is 253 g/mol. The molecule has 100 valence electrons. The highest BCUT2D eigenvalue weighted by molar-refractivity contribution is 5.96. The minimum atomic E-state index is -0.516. The smallest absolute Gasteiger partial charge is 0.287 e. The summed E-state index contributed by atoms with van der Waals surface area (Å²) in [6.45, 7) is 4.42. The standard InChI is InChI=1S/C12H19N3O3/c1-4-9(5-2)14(3)8-12(16)11-6-10(7-13-11)15(17)18/h6-7,9,13H,4-5,8H2,1-3H3. The normalized spacial score (nSPS) is 11.2. The Morgan fingerprint density at radius 1 is 1.50 bits per heavy atom. The molecule has 18 heavy (non-hydrogen) atoms. The van der Waals surface area contributed by atoms with E-state index in [0.29, 0.717) is 11.7 Å². The fourth-order valence-corrected chi connectivity index (χ4v) is 2.00. The van der Waals surface area contributed by atoms with E-state index >= 15 is 0 Å². The highest BCUT2D eigenvalue weighted by Crippen LogP contribution is 2.14. The van der Waals surface area contributed by atoms with E-state index in [0.717, 1.165) is 12.8 Å². The molecule has 0 saturated heterocycles. The summed E-state index contributed by atoms with van der Waals surface area (Å²) in [5.74, 6) is -0.127. The molecule has 6 heteroatoms. The first-order valence-corrected chi connectivity index (χ1v) is 6.05. The SMILES string of the molecule is CCC(CC)N(C)CC(=O)c1cc([N+](=O)[O-])c[nH]1. The zero-order chi connectivity index (χ0) is 13.7. The number of aromatic amines is 1. The molecule has 0 aliphatic carbocycles. The number of carbonyl (C=O) groups excluding carboxylic acids is 1. The van der Waals surface area contributed by atoms with E-state index in [-0.39, 0.29) is 18.0 Å². The molecule has 0 amide bonds. The second-order valence-electron chi connectivity index (χ2n) is 4.34.